The lowest BCUT2D eigenvalue weighted by Gasteiger charge is -2.11. The first-order chi connectivity index (χ1) is 13.0. The Balaban J connectivity index is 2.00. The Morgan fingerprint density at radius 3 is 2.41 bits per heavy atom. The van der Waals surface area contributed by atoms with Crippen LogP contribution in [0.25, 0.3) is 0 Å². The predicted octanol–water partition coefficient (Wildman–Crippen LogP) is 2.63. The molecule has 0 saturated heterocycles. The van der Waals surface area contributed by atoms with Crippen molar-refractivity contribution < 1.29 is 28.0 Å². The van der Waals surface area contributed by atoms with E-state index in [0.717, 1.165) is 0 Å². The van der Waals surface area contributed by atoms with Crippen LogP contribution in [0.2, 0.25) is 0 Å². The number of carbonyl (C=O) groups is 2. The van der Waals surface area contributed by atoms with E-state index in [-0.39, 0.29) is 5.56 Å². The molecule has 0 aliphatic rings. The van der Waals surface area contributed by atoms with Crippen LogP contribution >= 0.6 is 0 Å². The van der Waals surface area contributed by atoms with E-state index in [1.54, 1.807) is 43.3 Å². The van der Waals surface area contributed by atoms with Crippen LogP contribution in [0, 0.1) is 0 Å². The number of methoxy groups -OCH3 is 2. The summed E-state index contributed by atoms with van der Waals surface area (Å²) in [5.74, 6) is 0.162. The highest BCUT2D eigenvalue weighted by Gasteiger charge is 2.17. The number of carbonyl (C=O) groups excluding carboxylic acids is 2. The molecule has 7 nitrogen and oxygen atoms in total. The van der Waals surface area contributed by atoms with Gasteiger partial charge in [-0.2, -0.15) is 0 Å². The number of amides is 1. The van der Waals surface area contributed by atoms with Crippen molar-refractivity contribution in [3.63, 3.8) is 0 Å². The molecule has 144 valence electrons. The van der Waals surface area contributed by atoms with Crippen LogP contribution in [0.15, 0.2) is 47.4 Å². The first kappa shape index (κ1) is 20.4. The van der Waals surface area contributed by atoms with Crippen molar-refractivity contribution in [3.05, 3.63) is 48.0 Å². The monoisotopic (exact) mass is 391 g/mol. The summed E-state index contributed by atoms with van der Waals surface area (Å²) in [4.78, 5) is 24.7. The standard InChI is InChI=1S/C19H21NO6S/c1-4-27(23)17-8-6-5-7-14(17)19(22)26-12-18(21)20-13-9-10-15(24-2)16(11-13)25-3/h5-11H,4,12H2,1-3H3,(H,20,21)/t27-/m1/s1. The van der Waals surface area contributed by atoms with Crippen LogP contribution in [0.4, 0.5) is 5.69 Å². The summed E-state index contributed by atoms with van der Waals surface area (Å²) in [5, 5.41) is 2.61. The summed E-state index contributed by atoms with van der Waals surface area (Å²) in [5.41, 5.74) is 0.665. The number of anilines is 1. The summed E-state index contributed by atoms with van der Waals surface area (Å²) in [6.45, 7) is 1.29. The van der Waals surface area contributed by atoms with Crippen LogP contribution < -0.4 is 14.8 Å². The molecule has 0 aliphatic carbocycles. The third-order valence-corrected chi connectivity index (χ3v) is 4.99. The number of hydrogen-bond donors (Lipinski definition) is 1. The number of hydrogen-bond acceptors (Lipinski definition) is 6. The van der Waals surface area contributed by atoms with Crippen molar-refractivity contribution in [3.8, 4) is 11.5 Å². The number of rotatable bonds is 8. The Kier molecular flexibility index (Phi) is 7.36. The summed E-state index contributed by atoms with van der Waals surface area (Å²) in [6.07, 6.45) is 0. The van der Waals surface area contributed by atoms with Crippen LogP contribution in [-0.2, 0) is 20.3 Å². The van der Waals surface area contributed by atoms with E-state index < -0.39 is 29.3 Å². The van der Waals surface area contributed by atoms with Crippen molar-refractivity contribution in [1.82, 2.24) is 0 Å². The highest BCUT2D eigenvalue weighted by atomic mass is 32.2. The Hall–Kier alpha value is -2.87. The Morgan fingerprint density at radius 2 is 1.74 bits per heavy atom. The smallest absolute Gasteiger partial charge is 0.339 e. The molecule has 1 N–H and O–H groups in total. The van der Waals surface area contributed by atoms with Crippen LogP contribution in [0.5, 0.6) is 11.5 Å². The predicted molar refractivity (Wildman–Crippen MR) is 102 cm³/mol. The summed E-state index contributed by atoms with van der Waals surface area (Å²) < 4.78 is 27.4. The molecule has 2 aromatic carbocycles. The fraction of sp³-hybridized carbons (Fsp3) is 0.263. The number of ether oxygens (including phenoxy) is 3. The number of benzene rings is 2. The van der Waals surface area contributed by atoms with Gasteiger partial charge in [-0.3, -0.25) is 9.00 Å². The van der Waals surface area contributed by atoms with Gasteiger partial charge in [0, 0.05) is 17.5 Å². The van der Waals surface area contributed by atoms with Gasteiger partial charge in [0.05, 0.1) is 35.5 Å². The molecule has 0 heterocycles. The molecule has 0 unspecified atom stereocenters. The second-order valence-electron chi connectivity index (χ2n) is 5.32. The van der Waals surface area contributed by atoms with Gasteiger partial charge < -0.3 is 19.5 Å². The molecule has 2 aromatic rings. The van der Waals surface area contributed by atoms with Crippen molar-refractivity contribution >= 4 is 28.4 Å². The molecule has 0 radical (unpaired) electrons. The zero-order valence-corrected chi connectivity index (χ0v) is 16.1. The van der Waals surface area contributed by atoms with Gasteiger partial charge in [-0.1, -0.05) is 19.1 Å². The van der Waals surface area contributed by atoms with Crippen molar-refractivity contribution in [2.45, 2.75) is 11.8 Å². The minimum atomic E-state index is -1.30. The van der Waals surface area contributed by atoms with Crippen LogP contribution in [-0.4, -0.2) is 42.7 Å². The van der Waals surface area contributed by atoms with Crippen molar-refractivity contribution in [2.24, 2.45) is 0 Å². The summed E-state index contributed by atoms with van der Waals surface area (Å²) in [6, 6.07) is 11.4. The van der Waals surface area contributed by atoms with Gasteiger partial charge in [-0.25, -0.2) is 4.79 Å². The second-order valence-corrected chi connectivity index (χ2v) is 7.03. The first-order valence-corrected chi connectivity index (χ1v) is 9.48. The fourth-order valence-corrected chi connectivity index (χ4v) is 3.25. The molecule has 0 spiro atoms. The van der Waals surface area contributed by atoms with Crippen molar-refractivity contribution in [2.75, 3.05) is 31.9 Å². The lowest BCUT2D eigenvalue weighted by atomic mass is 10.2. The normalized spacial score (nSPS) is 11.4. The lowest BCUT2D eigenvalue weighted by molar-refractivity contribution is -0.119. The fourth-order valence-electron chi connectivity index (χ4n) is 2.31. The summed E-state index contributed by atoms with van der Waals surface area (Å²) in [7, 11) is 1.70. The minimum absolute atomic E-state index is 0.191. The maximum atomic E-state index is 12.3. The molecule has 0 fully saturated rings. The van der Waals surface area contributed by atoms with Crippen molar-refractivity contribution in [1.29, 1.82) is 0 Å². The average molecular weight is 391 g/mol. The molecule has 1 atom stereocenters. The molecule has 0 aliphatic heterocycles. The zero-order chi connectivity index (χ0) is 19.8. The molecule has 1 amide bonds. The molecular formula is C19H21NO6S. The molecule has 27 heavy (non-hydrogen) atoms. The maximum absolute atomic E-state index is 12.3. The Bertz CT molecular complexity index is 852. The van der Waals surface area contributed by atoms with Crippen LogP contribution in [0.3, 0.4) is 0 Å². The Labute approximate surface area is 160 Å². The molecule has 0 bridgehead atoms. The maximum Gasteiger partial charge on any atom is 0.339 e. The topological polar surface area (TPSA) is 90.9 Å². The average Bonchev–Trinajstić information content (AvgIpc) is 2.71. The van der Waals surface area contributed by atoms with E-state index in [1.165, 1.54) is 20.3 Å². The molecule has 0 aromatic heterocycles. The zero-order valence-electron chi connectivity index (χ0n) is 15.3. The molecule has 0 saturated carbocycles. The molecule has 2 rings (SSSR count). The second kappa shape index (κ2) is 9.72. The van der Waals surface area contributed by atoms with Gasteiger partial charge in [0.2, 0.25) is 0 Å². The minimum Gasteiger partial charge on any atom is -0.493 e. The van der Waals surface area contributed by atoms with Gasteiger partial charge in [0.1, 0.15) is 0 Å². The molecular weight excluding hydrogens is 370 g/mol. The lowest BCUT2D eigenvalue weighted by Crippen LogP contribution is -2.21. The van der Waals surface area contributed by atoms with E-state index >= 15 is 0 Å². The molecule has 8 heteroatoms. The van der Waals surface area contributed by atoms with Gasteiger partial charge >= 0.3 is 5.97 Å². The van der Waals surface area contributed by atoms with E-state index in [1.807, 2.05) is 0 Å². The van der Waals surface area contributed by atoms with E-state index in [9.17, 15) is 13.8 Å². The van der Waals surface area contributed by atoms with E-state index in [4.69, 9.17) is 14.2 Å². The number of nitrogens with one attached hydrogen (secondary N) is 1. The van der Waals surface area contributed by atoms with E-state index in [2.05, 4.69) is 5.32 Å². The number of esters is 1. The first-order valence-electron chi connectivity index (χ1n) is 8.16. The Morgan fingerprint density at radius 1 is 1.04 bits per heavy atom. The quantitative estimate of drug-likeness (QED) is 0.696. The van der Waals surface area contributed by atoms with Gasteiger partial charge in [0.25, 0.3) is 5.91 Å². The van der Waals surface area contributed by atoms with Crippen LogP contribution in [0.1, 0.15) is 17.3 Å². The van der Waals surface area contributed by atoms with Gasteiger partial charge in [-0.05, 0) is 24.3 Å². The largest absolute Gasteiger partial charge is 0.493 e. The van der Waals surface area contributed by atoms with E-state index in [0.29, 0.717) is 27.8 Å². The van der Waals surface area contributed by atoms with Gasteiger partial charge in [-0.15, -0.1) is 0 Å². The SMILES string of the molecule is CC[S@@](=O)c1ccccc1C(=O)OCC(=O)Nc1ccc(OC)c(OC)c1. The highest BCUT2D eigenvalue weighted by Crippen LogP contribution is 2.29. The summed E-state index contributed by atoms with van der Waals surface area (Å²) >= 11 is 0. The van der Waals surface area contributed by atoms with Gasteiger partial charge in [0.15, 0.2) is 18.1 Å². The highest BCUT2D eigenvalue weighted by molar-refractivity contribution is 7.85. The third-order valence-electron chi connectivity index (χ3n) is 3.62. The third kappa shape index (κ3) is 5.30.